The standard InChI is InChI=1S/C16H25N3/c1-18-7-9-19(10-8-18)16(12-17)15-6-5-13-3-2-4-14(13)11-15/h5-6,11,16H,2-4,7-10,12,17H2,1H3. The van der Waals surface area contributed by atoms with Crippen molar-refractivity contribution in [1.29, 1.82) is 0 Å². The van der Waals surface area contributed by atoms with Crippen LogP contribution in [0.25, 0.3) is 0 Å². The summed E-state index contributed by atoms with van der Waals surface area (Å²) in [6.07, 6.45) is 3.83. The lowest BCUT2D eigenvalue weighted by atomic mass is 9.99. The Kier molecular flexibility index (Phi) is 3.87. The minimum atomic E-state index is 0.402. The van der Waals surface area contributed by atoms with E-state index in [1.54, 1.807) is 11.1 Å². The SMILES string of the molecule is CN1CCN(C(CN)c2ccc3c(c2)CCC3)CC1. The molecule has 3 heteroatoms. The van der Waals surface area contributed by atoms with Gasteiger partial charge in [0.2, 0.25) is 0 Å². The fourth-order valence-electron chi connectivity index (χ4n) is 3.43. The first-order chi connectivity index (χ1) is 9.28. The summed E-state index contributed by atoms with van der Waals surface area (Å²) in [5, 5.41) is 0. The molecule has 2 N–H and O–H groups in total. The molecule has 0 spiro atoms. The molecule has 1 aliphatic heterocycles. The van der Waals surface area contributed by atoms with Crippen molar-refractivity contribution in [1.82, 2.24) is 9.80 Å². The highest BCUT2D eigenvalue weighted by Crippen LogP contribution is 2.28. The highest BCUT2D eigenvalue weighted by Gasteiger charge is 2.23. The number of nitrogens with two attached hydrogens (primary N) is 1. The number of benzene rings is 1. The molecule has 0 bridgehead atoms. The number of hydrogen-bond donors (Lipinski definition) is 1. The van der Waals surface area contributed by atoms with Crippen molar-refractivity contribution >= 4 is 0 Å². The number of hydrogen-bond acceptors (Lipinski definition) is 3. The molecule has 0 radical (unpaired) electrons. The van der Waals surface area contributed by atoms with Gasteiger partial charge in [-0.1, -0.05) is 18.2 Å². The zero-order chi connectivity index (χ0) is 13.2. The number of aryl methyl sites for hydroxylation is 2. The molecule has 1 heterocycles. The summed E-state index contributed by atoms with van der Waals surface area (Å²) < 4.78 is 0. The Labute approximate surface area is 116 Å². The van der Waals surface area contributed by atoms with E-state index >= 15 is 0 Å². The highest BCUT2D eigenvalue weighted by atomic mass is 15.3. The zero-order valence-corrected chi connectivity index (χ0v) is 11.9. The van der Waals surface area contributed by atoms with Crippen molar-refractivity contribution in [2.75, 3.05) is 39.8 Å². The number of likely N-dealkylation sites (N-methyl/N-ethyl adjacent to an activating group) is 1. The monoisotopic (exact) mass is 259 g/mol. The van der Waals surface area contributed by atoms with Crippen molar-refractivity contribution in [2.45, 2.75) is 25.3 Å². The summed E-state index contributed by atoms with van der Waals surface area (Å²) in [7, 11) is 2.20. The second-order valence-electron chi connectivity index (χ2n) is 5.97. The van der Waals surface area contributed by atoms with E-state index < -0.39 is 0 Å². The Balaban J connectivity index is 1.78. The second-order valence-corrected chi connectivity index (χ2v) is 5.97. The van der Waals surface area contributed by atoms with Crippen molar-refractivity contribution in [3.8, 4) is 0 Å². The molecule has 0 amide bonds. The van der Waals surface area contributed by atoms with Gasteiger partial charge in [-0.15, -0.1) is 0 Å². The van der Waals surface area contributed by atoms with Gasteiger partial charge in [-0.2, -0.15) is 0 Å². The molecule has 3 rings (SSSR count). The molecule has 1 fully saturated rings. The van der Waals surface area contributed by atoms with Crippen LogP contribution in [-0.2, 0) is 12.8 Å². The van der Waals surface area contributed by atoms with Gasteiger partial charge in [-0.3, -0.25) is 4.90 Å². The van der Waals surface area contributed by atoms with Gasteiger partial charge in [0, 0.05) is 38.8 Å². The van der Waals surface area contributed by atoms with Gasteiger partial charge < -0.3 is 10.6 Å². The third-order valence-corrected chi connectivity index (χ3v) is 4.71. The Bertz CT molecular complexity index is 436. The first-order valence-electron chi connectivity index (χ1n) is 7.52. The van der Waals surface area contributed by atoms with Gasteiger partial charge in [0.05, 0.1) is 0 Å². The normalized spacial score (nSPS) is 22.4. The third kappa shape index (κ3) is 2.69. The Hall–Kier alpha value is -0.900. The van der Waals surface area contributed by atoms with Gasteiger partial charge in [0.1, 0.15) is 0 Å². The molecule has 1 saturated heterocycles. The molecule has 1 aromatic rings. The zero-order valence-electron chi connectivity index (χ0n) is 11.9. The number of nitrogens with zero attached hydrogens (tertiary/aromatic N) is 2. The maximum absolute atomic E-state index is 6.06. The lowest BCUT2D eigenvalue weighted by molar-refractivity contribution is 0.114. The van der Waals surface area contributed by atoms with Crippen LogP contribution in [0.4, 0.5) is 0 Å². The minimum Gasteiger partial charge on any atom is -0.329 e. The first kappa shape index (κ1) is 13.1. The van der Waals surface area contributed by atoms with Crippen LogP contribution in [0.5, 0.6) is 0 Å². The van der Waals surface area contributed by atoms with Gasteiger partial charge in [-0.25, -0.2) is 0 Å². The first-order valence-corrected chi connectivity index (χ1v) is 7.52. The lowest BCUT2D eigenvalue weighted by Crippen LogP contribution is -2.47. The molecule has 1 atom stereocenters. The van der Waals surface area contributed by atoms with Crippen LogP contribution >= 0.6 is 0 Å². The van der Waals surface area contributed by atoms with E-state index in [0.29, 0.717) is 6.04 Å². The topological polar surface area (TPSA) is 32.5 Å². The highest BCUT2D eigenvalue weighted by molar-refractivity contribution is 5.36. The summed E-state index contributed by atoms with van der Waals surface area (Å²) in [6.45, 7) is 5.30. The van der Waals surface area contributed by atoms with Gasteiger partial charge in [-0.05, 0) is 43.0 Å². The van der Waals surface area contributed by atoms with Crippen LogP contribution < -0.4 is 5.73 Å². The van der Waals surface area contributed by atoms with E-state index in [0.717, 1.165) is 32.7 Å². The average Bonchev–Trinajstić information content (AvgIpc) is 2.89. The predicted octanol–water partition coefficient (Wildman–Crippen LogP) is 1.42. The Morgan fingerprint density at radius 2 is 1.84 bits per heavy atom. The summed E-state index contributed by atoms with van der Waals surface area (Å²) in [5.41, 5.74) is 10.6. The molecule has 0 saturated carbocycles. The van der Waals surface area contributed by atoms with Crippen LogP contribution in [0.2, 0.25) is 0 Å². The van der Waals surface area contributed by atoms with Crippen LogP contribution in [0, 0.1) is 0 Å². The van der Waals surface area contributed by atoms with Crippen LogP contribution in [0.15, 0.2) is 18.2 Å². The second kappa shape index (κ2) is 5.61. The maximum atomic E-state index is 6.06. The molecule has 3 nitrogen and oxygen atoms in total. The number of piperazine rings is 1. The molecule has 104 valence electrons. The molecular weight excluding hydrogens is 234 g/mol. The van der Waals surface area contributed by atoms with E-state index in [-0.39, 0.29) is 0 Å². The predicted molar refractivity (Wildman–Crippen MR) is 79.3 cm³/mol. The van der Waals surface area contributed by atoms with Gasteiger partial charge in [0.25, 0.3) is 0 Å². The van der Waals surface area contributed by atoms with Crippen LogP contribution in [0.1, 0.15) is 29.2 Å². The molecular formula is C16H25N3. The average molecular weight is 259 g/mol. The minimum absolute atomic E-state index is 0.402. The summed E-state index contributed by atoms with van der Waals surface area (Å²) >= 11 is 0. The van der Waals surface area contributed by atoms with E-state index in [2.05, 4.69) is 35.0 Å². The summed E-state index contributed by atoms with van der Waals surface area (Å²) in [6, 6.07) is 7.45. The third-order valence-electron chi connectivity index (χ3n) is 4.71. The summed E-state index contributed by atoms with van der Waals surface area (Å²) in [4.78, 5) is 4.95. The Morgan fingerprint density at radius 1 is 1.11 bits per heavy atom. The Morgan fingerprint density at radius 3 is 2.58 bits per heavy atom. The molecule has 1 aromatic carbocycles. The van der Waals surface area contributed by atoms with Crippen molar-refractivity contribution in [3.63, 3.8) is 0 Å². The fraction of sp³-hybridized carbons (Fsp3) is 0.625. The van der Waals surface area contributed by atoms with Crippen molar-refractivity contribution in [3.05, 3.63) is 34.9 Å². The van der Waals surface area contributed by atoms with Gasteiger partial charge >= 0.3 is 0 Å². The van der Waals surface area contributed by atoms with E-state index in [9.17, 15) is 0 Å². The van der Waals surface area contributed by atoms with Crippen molar-refractivity contribution in [2.24, 2.45) is 5.73 Å². The molecule has 19 heavy (non-hydrogen) atoms. The number of fused-ring (bicyclic) bond motifs is 1. The van der Waals surface area contributed by atoms with Crippen molar-refractivity contribution < 1.29 is 0 Å². The molecule has 1 aliphatic carbocycles. The van der Waals surface area contributed by atoms with Crippen LogP contribution in [0.3, 0.4) is 0 Å². The smallest absolute Gasteiger partial charge is 0.0471 e. The number of rotatable bonds is 3. The molecule has 2 aliphatic rings. The molecule has 0 aromatic heterocycles. The summed E-state index contributed by atoms with van der Waals surface area (Å²) in [5.74, 6) is 0. The van der Waals surface area contributed by atoms with E-state index in [4.69, 9.17) is 5.73 Å². The van der Waals surface area contributed by atoms with E-state index in [1.807, 2.05) is 0 Å². The van der Waals surface area contributed by atoms with Crippen LogP contribution in [-0.4, -0.2) is 49.6 Å². The quantitative estimate of drug-likeness (QED) is 0.891. The fourth-order valence-corrected chi connectivity index (χ4v) is 3.43. The van der Waals surface area contributed by atoms with E-state index in [1.165, 1.54) is 24.8 Å². The van der Waals surface area contributed by atoms with Gasteiger partial charge in [0.15, 0.2) is 0 Å². The largest absolute Gasteiger partial charge is 0.329 e. The lowest BCUT2D eigenvalue weighted by Gasteiger charge is -2.37. The maximum Gasteiger partial charge on any atom is 0.0471 e. The molecule has 1 unspecified atom stereocenters.